The fraction of sp³-hybridized carbons (Fsp3) is 0.571. The van der Waals surface area contributed by atoms with Crippen LogP contribution in [0.5, 0.6) is 5.75 Å². The fourth-order valence-electron chi connectivity index (χ4n) is 2.17. The van der Waals surface area contributed by atoms with Crippen LogP contribution in [0.15, 0.2) is 24.3 Å². The molecule has 0 N–H and O–H groups in total. The monoisotopic (exact) mass is 204 g/mol. The van der Waals surface area contributed by atoms with E-state index < -0.39 is 0 Å². The molecule has 0 unspecified atom stereocenters. The van der Waals surface area contributed by atoms with E-state index in [9.17, 15) is 0 Å². The molecule has 0 bridgehead atoms. The van der Waals surface area contributed by atoms with Gasteiger partial charge in [-0.25, -0.2) is 0 Å². The predicted octanol–water partition coefficient (Wildman–Crippen LogP) is 4.10. The number of hydrogen-bond acceptors (Lipinski definition) is 1. The van der Waals surface area contributed by atoms with Crippen molar-refractivity contribution >= 4 is 0 Å². The van der Waals surface area contributed by atoms with Crippen molar-refractivity contribution < 1.29 is 4.74 Å². The third-order valence-electron chi connectivity index (χ3n) is 3.13. The van der Waals surface area contributed by atoms with E-state index in [1.54, 1.807) is 0 Å². The summed E-state index contributed by atoms with van der Waals surface area (Å²) in [6, 6.07) is 8.40. The molecular weight excluding hydrogens is 184 g/mol. The third-order valence-corrected chi connectivity index (χ3v) is 3.13. The highest BCUT2D eigenvalue weighted by molar-refractivity contribution is 5.26. The van der Waals surface area contributed by atoms with Gasteiger partial charge in [-0.3, -0.25) is 0 Å². The largest absolute Gasteiger partial charge is 0.490 e. The Bertz CT molecular complexity index is 281. The molecule has 0 aromatic heterocycles. The van der Waals surface area contributed by atoms with Gasteiger partial charge >= 0.3 is 0 Å². The van der Waals surface area contributed by atoms with Gasteiger partial charge in [0.2, 0.25) is 0 Å². The van der Waals surface area contributed by atoms with E-state index in [0.717, 1.165) is 5.75 Å². The fourth-order valence-corrected chi connectivity index (χ4v) is 2.17. The molecule has 0 atom stereocenters. The summed E-state index contributed by atoms with van der Waals surface area (Å²) >= 11 is 0. The second kappa shape index (κ2) is 5.20. The summed E-state index contributed by atoms with van der Waals surface area (Å²) in [7, 11) is 0. The summed E-state index contributed by atoms with van der Waals surface area (Å²) in [6.07, 6.45) is 8.34. The van der Waals surface area contributed by atoms with E-state index in [-0.39, 0.29) is 0 Å². The Balaban J connectivity index is 1.92. The van der Waals surface area contributed by atoms with Crippen LogP contribution in [0.2, 0.25) is 0 Å². The molecule has 1 aromatic rings. The smallest absolute Gasteiger partial charge is 0.119 e. The molecule has 1 aromatic carbocycles. The van der Waals surface area contributed by atoms with E-state index in [0.29, 0.717) is 6.10 Å². The summed E-state index contributed by atoms with van der Waals surface area (Å²) in [6.45, 7) is 2.11. The zero-order valence-electron chi connectivity index (χ0n) is 9.54. The van der Waals surface area contributed by atoms with Crippen molar-refractivity contribution in [3.05, 3.63) is 29.8 Å². The van der Waals surface area contributed by atoms with Crippen molar-refractivity contribution in [1.82, 2.24) is 0 Å². The van der Waals surface area contributed by atoms with E-state index in [1.807, 2.05) is 0 Å². The van der Waals surface area contributed by atoms with Crippen molar-refractivity contribution in [2.75, 3.05) is 0 Å². The standard InChI is InChI=1S/C14H20O/c1-12-8-10-14(11-9-12)15-13-6-4-2-3-5-7-13/h8-11,13H,2-7H2,1H3. The Morgan fingerprint density at radius 1 is 0.933 bits per heavy atom. The van der Waals surface area contributed by atoms with Crippen LogP contribution in [0, 0.1) is 6.92 Å². The Hall–Kier alpha value is -0.980. The number of aryl methyl sites for hydroxylation is 1. The Morgan fingerprint density at radius 2 is 1.53 bits per heavy atom. The lowest BCUT2D eigenvalue weighted by molar-refractivity contribution is 0.183. The molecule has 0 spiro atoms. The Morgan fingerprint density at radius 3 is 2.13 bits per heavy atom. The van der Waals surface area contributed by atoms with Crippen LogP contribution in [-0.4, -0.2) is 6.10 Å². The molecule has 2 rings (SSSR count). The summed E-state index contributed by atoms with van der Waals surface area (Å²) in [4.78, 5) is 0. The van der Waals surface area contributed by atoms with Gasteiger partial charge in [0.1, 0.15) is 5.75 Å². The molecule has 1 aliphatic carbocycles. The summed E-state index contributed by atoms with van der Waals surface area (Å²) in [5.41, 5.74) is 1.29. The van der Waals surface area contributed by atoms with Gasteiger partial charge in [-0.05, 0) is 44.7 Å². The molecule has 1 nitrogen and oxygen atoms in total. The molecule has 1 fully saturated rings. The first-order valence-corrected chi connectivity index (χ1v) is 6.08. The van der Waals surface area contributed by atoms with Gasteiger partial charge in [0, 0.05) is 0 Å². The number of ether oxygens (including phenoxy) is 1. The SMILES string of the molecule is Cc1ccc(OC2CCCCCC2)cc1. The van der Waals surface area contributed by atoms with E-state index in [4.69, 9.17) is 4.74 Å². The summed E-state index contributed by atoms with van der Waals surface area (Å²) in [5.74, 6) is 1.03. The van der Waals surface area contributed by atoms with E-state index in [2.05, 4.69) is 31.2 Å². The number of rotatable bonds is 2. The Kier molecular flexibility index (Phi) is 3.65. The summed E-state index contributed by atoms with van der Waals surface area (Å²) < 4.78 is 5.99. The molecule has 82 valence electrons. The average Bonchev–Trinajstić information content (AvgIpc) is 2.50. The summed E-state index contributed by atoms with van der Waals surface area (Å²) in [5, 5.41) is 0. The van der Waals surface area contributed by atoms with Crippen molar-refractivity contribution in [3.8, 4) is 5.75 Å². The maximum atomic E-state index is 5.99. The molecule has 0 amide bonds. The first kappa shape index (κ1) is 10.5. The maximum Gasteiger partial charge on any atom is 0.119 e. The van der Waals surface area contributed by atoms with Crippen LogP contribution >= 0.6 is 0 Å². The van der Waals surface area contributed by atoms with Gasteiger partial charge in [-0.15, -0.1) is 0 Å². The minimum Gasteiger partial charge on any atom is -0.490 e. The second-order valence-corrected chi connectivity index (χ2v) is 4.54. The van der Waals surface area contributed by atoms with Crippen molar-refractivity contribution in [1.29, 1.82) is 0 Å². The minimum atomic E-state index is 0.454. The van der Waals surface area contributed by atoms with Gasteiger partial charge in [0.05, 0.1) is 6.10 Å². The van der Waals surface area contributed by atoms with E-state index in [1.165, 1.54) is 44.1 Å². The van der Waals surface area contributed by atoms with Crippen LogP contribution in [0.25, 0.3) is 0 Å². The molecule has 1 saturated carbocycles. The lowest BCUT2D eigenvalue weighted by atomic mass is 10.1. The number of benzene rings is 1. The second-order valence-electron chi connectivity index (χ2n) is 4.54. The van der Waals surface area contributed by atoms with Gasteiger partial charge in [-0.2, -0.15) is 0 Å². The zero-order chi connectivity index (χ0) is 10.5. The van der Waals surface area contributed by atoms with Gasteiger partial charge in [0.15, 0.2) is 0 Å². The quantitative estimate of drug-likeness (QED) is 0.659. The number of hydrogen-bond donors (Lipinski definition) is 0. The van der Waals surface area contributed by atoms with Crippen LogP contribution in [0.1, 0.15) is 44.1 Å². The molecule has 1 aliphatic rings. The minimum absolute atomic E-state index is 0.454. The topological polar surface area (TPSA) is 9.23 Å². The Labute approximate surface area is 92.5 Å². The maximum absolute atomic E-state index is 5.99. The van der Waals surface area contributed by atoms with Gasteiger partial charge in [0.25, 0.3) is 0 Å². The molecular formula is C14H20O. The van der Waals surface area contributed by atoms with Crippen LogP contribution in [-0.2, 0) is 0 Å². The van der Waals surface area contributed by atoms with Crippen LogP contribution in [0.4, 0.5) is 0 Å². The zero-order valence-corrected chi connectivity index (χ0v) is 9.54. The van der Waals surface area contributed by atoms with Crippen LogP contribution in [0.3, 0.4) is 0 Å². The first-order valence-electron chi connectivity index (χ1n) is 6.08. The van der Waals surface area contributed by atoms with E-state index >= 15 is 0 Å². The van der Waals surface area contributed by atoms with Crippen molar-refractivity contribution in [2.45, 2.75) is 51.6 Å². The van der Waals surface area contributed by atoms with Gasteiger partial charge in [-0.1, -0.05) is 30.5 Å². The van der Waals surface area contributed by atoms with Crippen molar-refractivity contribution in [3.63, 3.8) is 0 Å². The highest BCUT2D eigenvalue weighted by Gasteiger charge is 2.13. The molecule has 0 aliphatic heterocycles. The molecule has 0 heterocycles. The highest BCUT2D eigenvalue weighted by Crippen LogP contribution is 2.22. The lowest BCUT2D eigenvalue weighted by Crippen LogP contribution is -2.14. The normalized spacial score (nSPS) is 18.5. The first-order chi connectivity index (χ1) is 7.34. The van der Waals surface area contributed by atoms with Gasteiger partial charge < -0.3 is 4.74 Å². The molecule has 15 heavy (non-hydrogen) atoms. The highest BCUT2D eigenvalue weighted by atomic mass is 16.5. The lowest BCUT2D eigenvalue weighted by Gasteiger charge is -2.16. The average molecular weight is 204 g/mol. The molecule has 1 heteroatoms. The molecule has 0 saturated heterocycles. The predicted molar refractivity (Wildman–Crippen MR) is 63.3 cm³/mol. The van der Waals surface area contributed by atoms with Crippen molar-refractivity contribution in [2.24, 2.45) is 0 Å². The van der Waals surface area contributed by atoms with Crippen LogP contribution < -0.4 is 4.74 Å². The molecule has 0 radical (unpaired) electrons. The third kappa shape index (κ3) is 3.26.